The molecule has 0 spiro atoms. The van der Waals surface area contributed by atoms with Crippen molar-refractivity contribution in [2.45, 2.75) is 44.7 Å². The predicted octanol–water partition coefficient (Wildman–Crippen LogP) is 3.55. The third kappa shape index (κ3) is 7.56. The molecule has 0 saturated heterocycles. The molecule has 0 fully saturated rings. The smallest absolute Gasteiger partial charge is 0.338 e. The highest BCUT2D eigenvalue weighted by Gasteiger charge is 2.09. The zero-order valence-corrected chi connectivity index (χ0v) is 16.9. The first-order chi connectivity index (χ1) is 13.5. The topological polar surface area (TPSA) is 101 Å². The lowest BCUT2D eigenvalue weighted by Gasteiger charge is -2.07. The molecule has 2 rings (SSSR count). The van der Waals surface area contributed by atoms with Gasteiger partial charge in [-0.2, -0.15) is 0 Å². The van der Waals surface area contributed by atoms with E-state index in [1.165, 1.54) is 6.07 Å². The highest BCUT2D eigenvalue weighted by atomic mass is 32.2. The number of carbonyl (C=O) groups excluding carboxylic acids is 2. The van der Waals surface area contributed by atoms with Crippen LogP contribution in [-0.4, -0.2) is 34.2 Å². The van der Waals surface area contributed by atoms with E-state index in [1.807, 2.05) is 0 Å². The van der Waals surface area contributed by atoms with Gasteiger partial charge in [0.15, 0.2) is 5.16 Å². The molecule has 150 valence electrons. The van der Waals surface area contributed by atoms with E-state index in [9.17, 15) is 14.4 Å². The number of amides is 1. The maximum Gasteiger partial charge on any atom is 0.338 e. The summed E-state index contributed by atoms with van der Waals surface area (Å²) in [5.74, 6) is -0.492. The van der Waals surface area contributed by atoms with Gasteiger partial charge in [0.1, 0.15) is 0 Å². The van der Waals surface area contributed by atoms with E-state index in [0.717, 1.165) is 37.4 Å². The van der Waals surface area contributed by atoms with Crippen LogP contribution < -0.4 is 10.9 Å². The largest absolute Gasteiger partial charge is 0.462 e. The lowest BCUT2D eigenvalue weighted by atomic mass is 10.2. The van der Waals surface area contributed by atoms with Gasteiger partial charge < -0.3 is 15.0 Å². The molecule has 1 amide bonds. The highest BCUT2D eigenvalue weighted by Crippen LogP contribution is 2.14. The Morgan fingerprint density at radius 2 is 1.93 bits per heavy atom. The number of hydrogen-bond donors (Lipinski definition) is 2. The normalized spacial score (nSPS) is 10.5. The third-order valence-electron chi connectivity index (χ3n) is 3.82. The Labute approximate surface area is 168 Å². The number of esters is 1. The number of benzene rings is 1. The molecule has 7 nitrogen and oxygen atoms in total. The van der Waals surface area contributed by atoms with Crippen molar-refractivity contribution < 1.29 is 14.3 Å². The third-order valence-corrected chi connectivity index (χ3v) is 4.70. The van der Waals surface area contributed by atoms with Gasteiger partial charge in [-0.25, -0.2) is 9.78 Å². The number of aromatic amines is 1. The molecule has 1 heterocycles. The quantitative estimate of drug-likeness (QED) is 0.272. The van der Waals surface area contributed by atoms with Crippen LogP contribution in [0.15, 0.2) is 40.3 Å². The van der Waals surface area contributed by atoms with Crippen molar-refractivity contribution >= 4 is 29.3 Å². The Balaban J connectivity index is 1.78. The summed E-state index contributed by atoms with van der Waals surface area (Å²) >= 11 is 1.15. The van der Waals surface area contributed by atoms with Crippen LogP contribution >= 0.6 is 11.8 Å². The van der Waals surface area contributed by atoms with Crippen LogP contribution in [-0.2, 0) is 9.53 Å². The summed E-state index contributed by atoms with van der Waals surface area (Å²) in [7, 11) is 0. The van der Waals surface area contributed by atoms with Gasteiger partial charge in [-0.3, -0.25) is 9.59 Å². The standard InChI is InChI=1S/C20H25N3O4S/c1-3-4-5-6-11-27-19(26)15-7-9-16(10-8-15)22-18(25)13-28-20-21-14(2)12-17(24)23-20/h7-10,12H,3-6,11,13H2,1-2H3,(H,22,25)(H,21,23,24). The molecule has 8 heteroatoms. The first-order valence-electron chi connectivity index (χ1n) is 9.25. The summed E-state index contributed by atoms with van der Waals surface area (Å²) in [6.07, 6.45) is 4.20. The fraction of sp³-hybridized carbons (Fsp3) is 0.400. The van der Waals surface area contributed by atoms with Crippen LogP contribution in [0.25, 0.3) is 0 Å². The number of rotatable bonds is 10. The van der Waals surface area contributed by atoms with Crippen molar-refractivity contribution in [2.75, 3.05) is 17.7 Å². The molecule has 0 aliphatic rings. The monoisotopic (exact) mass is 403 g/mol. The first kappa shape index (κ1) is 21.7. The number of anilines is 1. The van der Waals surface area contributed by atoms with Gasteiger partial charge in [0.05, 0.1) is 17.9 Å². The van der Waals surface area contributed by atoms with Gasteiger partial charge in [0.25, 0.3) is 5.56 Å². The second-order valence-electron chi connectivity index (χ2n) is 6.30. The molecule has 2 N–H and O–H groups in total. The molecule has 0 radical (unpaired) electrons. The molecule has 1 aromatic carbocycles. The molecule has 0 aliphatic heterocycles. The van der Waals surface area contributed by atoms with Crippen LogP contribution in [0.1, 0.15) is 48.7 Å². The minimum atomic E-state index is -0.362. The van der Waals surface area contributed by atoms with E-state index in [1.54, 1.807) is 31.2 Å². The van der Waals surface area contributed by atoms with E-state index >= 15 is 0 Å². The molecule has 1 aromatic heterocycles. The molecule has 0 atom stereocenters. The summed E-state index contributed by atoms with van der Waals surface area (Å²) in [6.45, 7) is 4.27. The lowest BCUT2D eigenvalue weighted by Crippen LogP contribution is -2.15. The highest BCUT2D eigenvalue weighted by molar-refractivity contribution is 7.99. The van der Waals surface area contributed by atoms with Gasteiger partial charge in [0.2, 0.25) is 5.91 Å². The van der Waals surface area contributed by atoms with E-state index in [0.29, 0.717) is 28.7 Å². The van der Waals surface area contributed by atoms with E-state index in [4.69, 9.17) is 4.74 Å². The number of nitrogens with zero attached hydrogens (tertiary/aromatic N) is 1. The maximum absolute atomic E-state index is 12.1. The number of hydrogen-bond acceptors (Lipinski definition) is 6. The average molecular weight is 404 g/mol. The van der Waals surface area contributed by atoms with E-state index in [-0.39, 0.29) is 23.2 Å². The fourth-order valence-corrected chi connectivity index (χ4v) is 3.14. The first-order valence-corrected chi connectivity index (χ1v) is 10.2. The Kier molecular flexibility index (Phi) is 8.74. The fourth-order valence-electron chi connectivity index (χ4n) is 2.42. The van der Waals surface area contributed by atoms with Crippen LogP contribution in [0.3, 0.4) is 0 Å². The van der Waals surface area contributed by atoms with Crippen molar-refractivity contribution in [1.82, 2.24) is 9.97 Å². The number of unbranched alkanes of at least 4 members (excludes halogenated alkanes) is 3. The van der Waals surface area contributed by atoms with Crippen molar-refractivity contribution in [3.05, 3.63) is 51.9 Å². The Bertz CT molecular complexity index is 849. The number of carbonyl (C=O) groups is 2. The number of aryl methyl sites for hydroxylation is 1. The van der Waals surface area contributed by atoms with E-state index in [2.05, 4.69) is 22.2 Å². The molecule has 0 unspecified atom stereocenters. The Hall–Kier alpha value is -2.61. The van der Waals surface area contributed by atoms with Crippen LogP contribution in [0.5, 0.6) is 0 Å². The zero-order chi connectivity index (χ0) is 20.4. The van der Waals surface area contributed by atoms with Gasteiger partial charge in [-0.15, -0.1) is 0 Å². The summed E-state index contributed by atoms with van der Waals surface area (Å²) in [5, 5.41) is 3.14. The van der Waals surface area contributed by atoms with Gasteiger partial charge in [-0.05, 0) is 37.6 Å². The number of H-pyrrole nitrogens is 1. The minimum Gasteiger partial charge on any atom is -0.462 e. The number of ether oxygens (including phenoxy) is 1. The van der Waals surface area contributed by atoms with Gasteiger partial charge >= 0.3 is 5.97 Å². The SMILES string of the molecule is CCCCCCOC(=O)c1ccc(NC(=O)CSc2nc(C)cc(=O)[nH]2)cc1. The van der Waals surface area contributed by atoms with Gasteiger partial charge in [0, 0.05) is 17.4 Å². The van der Waals surface area contributed by atoms with Crippen molar-refractivity contribution in [3.63, 3.8) is 0 Å². The number of nitrogens with one attached hydrogen (secondary N) is 2. The van der Waals surface area contributed by atoms with Crippen LogP contribution in [0.2, 0.25) is 0 Å². The van der Waals surface area contributed by atoms with Crippen molar-refractivity contribution in [2.24, 2.45) is 0 Å². The van der Waals surface area contributed by atoms with E-state index < -0.39 is 0 Å². The summed E-state index contributed by atoms with van der Waals surface area (Å²) < 4.78 is 5.24. The maximum atomic E-state index is 12.1. The van der Waals surface area contributed by atoms with Crippen molar-refractivity contribution in [3.8, 4) is 0 Å². The molecule has 0 bridgehead atoms. The summed E-state index contributed by atoms with van der Waals surface area (Å²) in [5.41, 5.74) is 1.38. The Morgan fingerprint density at radius 3 is 2.61 bits per heavy atom. The predicted molar refractivity (Wildman–Crippen MR) is 110 cm³/mol. The molecule has 0 aliphatic carbocycles. The second-order valence-corrected chi connectivity index (χ2v) is 7.27. The molecule has 0 saturated carbocycles. The lowest BCUT2D eigenvalue weighted by molar-refractivity contribution is -0.113. The summed E-state index contributed by atoms with van der Waals surface area (Å²) in [4.78, 5) is 42.2. The van der Waals surface area contributed by atoms with Crippen LogP contribution in [0, 0.1) is 6.92 Å². The molecular formula is C20H25N3O4S. The number of aromatic nitrogens is 2. The van der Waals surface area contributed by atoms with Gasteiger partial charge in [-0.1, -0.05) is 37.9 Å². The van der Waals surface area contributed by atoms with Crippen LogP contribution in [0.4, 0.5) is 5.69 Å². The molecular weight excluding hydrogens is 378 g/mol. The van der Waals surface area contributed by atoms with Crippen molar-refractivity contribution in [1.29, 1.82) is 0 Å². The number of thioether (sulfide) groups is 1. The molecule has 2 aromatic rings. The zero-order valence-electron chi connectivity index (χ0n) is 16.1. The average Bonchev–Trinajstić information content (AvgIpc) is 2.66. The Morgan fingerprint density at radius 1 is 1.18 bits per heavy atom. The molecule has 28 heavy (non-hydrogen) atoms. The summed E-state index contributed by atoms with van der Waals surface area (Å²) in [6, 6.07) is 7.95. The minimum absolute atomic E-state index is 0.105. The second kappa shape index (κ2) is 11.3.